The Labute approximate surface area is 282 Å². The molecule has 0 saturated carbocycles. The van der Waals surface area contributed by atoms with Crippen LogP contribution in [0.25, 0.3) is 0 Å². The van der Waals surface area contributed by atoms with E-state index in [0.29, 0.717) is 12.8 Å². The molecule has 0 amide bonds. The molecule has 1 unspecified atom stereocenters. The number of aliphatic hydroxyl groups excluding tert-OH is 1. The van der Waals surface area contributed by atoms with Gasteiger partial charge >= 0.3 is 11.9 Å². The summed E-state index contributed by atoms with van der Waals surface area (Å²) in [5.74, 6) is -0.656. The molecular formula is C41H66O5. The SMILES string of the molecule is CC/C=C\C/C=C\C/C=C\C/C=C\C/C=C\CCCCCC(=O)OC(CO)COC(=O)CCCCCCC/C=C\C/C=C\CCC. The highest BCUT2D eigenvalue weighted by atomic mass is 16.6. The maximum atomic E-state index is 12.1. The third kappa shape index (κ3) is 34.0. The summed E-state index contributed by atoms with van der Waals surface area (Å²) < 4.78 is 10.5. The van der Waals surface area contributed by atoms with Crippen molar-refractivity contribution in [1.82, 2.24) is 0 Å². The number of allylic oxidation sites excluding steroid dienone is 14. The molecule has 1 N–H and O–H groups in total. The monoisotopic (exact) mass is 638 g/mol. The van der Waals surface area contributed by atoms with E-state index in [4.69, 9.17) is 9.47 Å². The Morgan fingerprint density at radius 2 is 0.935 bits per heavy atom. The average Bonchev–Trinajstić information content (AvgIpc) is 3.06. The summed E-state index contributed by atoms with van der Waals surface area (Å²) in [5.41, 5.74) is 0. The summed E-state index contributed by atoms with van der Waals surface area (Å²) >= 11 is 0. The van der Waals surface area contributed by atoms with Gasteiger partial charge in [-0.15, -0.1) is 0 Å². The number of hydrogen-bond acceptors (Lipinski definition) is 5. The molecule has 5 heteroatoms. The minimum atomic E-state index is -0.798. The Hall–Kier alpha value is -2.92. The molecule has 260 valence electrons. The van der Waals surface area contributed by atoms with Crippen LogP contribution in [0.5, 0.6) is 0 Å². The average molecular weight is 639 g/mol. The molecule has 0 radical (unpaired) electrons. The van der Waals surface area contributed by atoms with Crippen LogP contribution in [0.3, 0.4) is 0 Å². The first-order valence-corrected chi connectivity index (χ1v) is 18.1. The zero-order valence-corrected chi connectivity index (χ0v) is 29.3. The number of unbranched alkanes of at least 4 members (excludes halogenated alkanes) is 9. The predicted octanol–water partition coefficient (Wildman–Crippen LogP) is 11.2. The molecule has 0 aliphatic heterocycles. The highest BCUT2D eigenvalue weighted by molar-refractivity contribution is 5.70. The summed E-state index contributed by atoms with van der Waals surface area (Å²) in [4.78, 5) is 24.2. The van der Waals surface area contributed by atoms with Gasteiger partial charge < -0.3 is 14.6 Å². The molecule has 0 bridgehead atoms. The maximum absolute atomic E-state index is 12.1. The van der Waals surface area contributed by atoms with Crippen LogP contribution < -0.4 is 0 Å². The highest BCUT2D eigenvalue weighted by Gasteiger charge is 2.16. The van der Waals surface area contributed by atoms with Crippen LogP contribution in [-0.2, 0) is 19.1 Å². The normalized spacial score (nSPS) is 13.2. The van der Waals surface area contributed by atoms with Crippen LogP contribution in [-0.4, -0.2) is 36.4 Å². The van der Waals surface area contributed by atoms with Crippen LogP contribution in [0.1, 0.15) is 142 Å². The van der Waals surface area contributed by atoms with Gasteiger partial charge in [0.05, 0.1) is 6.61 Å². The van der Waals surface area contributed by atoms with E-state index in [1.807, 2.05) is 0 Å². The second-order valence-corrected chi connectivity index (χ2v) is 11.6. The molecule has 0 saturated heterocycles. The van der Waals surface area contributed by atoms with E-state index in [1.165, 1.54) is 12.8 Å². The Morgan fingerprint density at radius 3 is 1.43 bits per heavy atom. The minimum Gasteiger partial charge on any atom is -0.462 e. The van der Waals surface area contributed by atoms with Gasteiger partial charge in [-0.3, -0.25) is 9.59 Å². The van der Waals surface area contributed by atoms with E-state index in [1.54, 1.807) is 0 Å². The summed E-state index contributed by atoms with van der Waals surface area (Å²) in [6.45, 7) is 3.89. The van der Waals surface area contributed by atoms with E-state index in [9.17, 15) is 14.7 Å². The molecule has 0 spiro atoms. The van der Waals surface area contributed by atoms with Gasteiger partial charge in [-0.25, -0.2) is 0 Å². The zero-order chi connectivity index (χ0) is 33.6. The Balaban J connectivity index is 3.71. The van der Waals surface area contributed by atoms with Crippen molar-refractivity contribution in [2.24, 2.45) is 0 Å². The van der Waals surface area contributed by atoms with Gasteiger partial charge in [-0.2, -0.15) is 0 Å². The number of aliphatic hydroxyl groups is 1. The van der Waals surface area contributed by atoms with Crippen LogP contribution in [0.15, 0.2) is 85.1 Å². The van der Waals surface area contributed by atoms with Gasteiger partial charge in [0, 0.05) is 12.8 Å². The van der Waals surface area contributed by atoms with Crippen molar-refractivity contribution in [3.05, 3.63) is 85.1 Å². The molecule has 0 fully saturated rings. The quantitative estimate of drug-likeness (QED) is 0.0465. The van der Waals surface area contributed by atoms with Gasteiger partial charge in [-0.05, 0) is 83.5 Å². The zero-order valence-electron chi connectivity index (χ0n) is 29.3. The molecule has 0 aliphatic carbocycles. The van der Waals surface area contributed by atoms with Crippen LogP contribution >= 0.6 is 0 Å². The molecule has 0 heterocycles. The van der Waals surface area contributed by atoms with Crippen LogP contribution in [0.4, 0.5) is 0 Å². The molecule has 5 nitrogen and oxygen atoms in total. The topological polar surface area (TPSA) is 72.8 Å². The highest BCUT2D eigenvalue weighted by Crippen LogP contribution is 2.10. The first kappa shape index (κ1) is 43.1. The Kier molecular flexibility index (Phi) is 34.2. The largest absolute Gasteiger partial charge is 0.462 e. The van der Waals surface area contributed by atoms with Gasteiger partial charge in [0.15, 0.2) is 6.10 Å². The fourth-order valence-electron chi connectivity index (χ4n) is 4.44. The lowest BCUT2D eigenvalue weighted by atomic mass is 10.1. The summed E-state index contributed by atoms with van der Waals surface area (Å²) in [7, 11) is 0. The fraction of sp³-hybridized carbons (Fsp3) is 0.610. The van der Waals surface area contributed by atoms with E-state index in [0.717, 1.165) is 103 Å². The van der Waals surface area contributed by atoms with Crippen molar-refractivity contribution in [3.8, 4) is 0 Å². The number of ether oxygens (including phenoxy) is 2. The van der Waals surface area contributed by atoms with E-state index in [2.05, 4.69) is 98.9 Å². The van der Waals surface area contributed by atoms with E-state index in [-0.39, 0.29) is 25.2 Å². The Bertz CT molecular complexity index is 906. The number of carbonyl (C=O) groups excluding carboxylic acids is 2. The third-order valence-electron chi connectivity index (χ3n) is 7.15. The van der Waals surface area contributed by atoms with Crippen LogP contribution in [0, 0.1) is 0 Å². The maximum Gasteiger partial charge on any atom is 0.306 e. The van der Waals surface area contributed by atoms with Crippen molar-refractivity contribution < 1.29 is 24.2 Å². The molecular weight excluding hydrogens is 572 g/mol. The molecule has 0 aromatic carbocycles. The first-order chi connectivity index (χ1) is 22.6. The summed E-state index contributed by atoms with van der Waals surface area (Å²) in [5, 5.41) is 9.52. The Morgan fingerprint density at radius 1 is 0.522 bits per heavy atom. The smallest absolute Gasteiger partial charge is 0.306 e. The fourth-order valence-corrected chi connectivity index (χ4v) is 4.44. The first-order valence-electron chi connectivity index (χ1n) is 18.1. The molecule has 0 aromatic heterocycles. The predicted molar refractivity (Wildman–Crippen MR) is 196 cm³/mol. The molecule has 0 aromatic rings. The second kappa shape index (κ2) is 36.5. The van der Waals surface area contributed by atoms with Crippen molar-refractivity contribution in [3.63, 3.8) is 0 Å². The van der Waals surface area contributed by atoms with E-state index >= 15 is 0 Å². The molecule has 1 atom stereocenters. The minimum absolute atomic E-state index is 0.0921. The van der Waals surface area contributed by atoms with Gasteiger partial charge in [0.2, 0.25) is 0 Å². The number of esters is 2. The lowest BCUT2D eigenvalue weighted by Crippen LogP contribution is -2.28. The van der Waals surface area contributed by atoms with Gasteiger partial charge in [-0.1, -0.05) is 131 Å². The van der Waals surface area contributed by atoms with Crippen LogP contribution in [0.2, 0.25) is 0 Å². The third-order valence-corrected chi connectivity index (χ3v) is 7.15. The van der Waals surface area contributed by atoms with Crippen molar-refractivity contribution >= 4 is 11.9 Å². The number of carbonyl (C=O) groups is 2. The van der Waals surface area contributed by atoms with Crippen molar-refractivity contribution in [2.75, 3.05) is 13.2 Å². The van der Waals surface area contributed by atoms with Crippen molar-refractivity contribution in [1.29, 1.82) is 0 Å². The van der Waals surface area contributed by atoms with E-state index < -0.39 is 6.10 Å². The van der Waals surface area contributed by atoms with Gasteiger partial charge in [0.25, 0.3) is 0 Å². The summed E-state index contributed by atoms with van der Waals surface area (Å²) in [6.07, 6.45) is 49.2. The number of rotatable bonds is 31. The molecule has 0 aliphatic rings. The van der Waals surface area contributed by atoms with Gasteiger partial charge in [0.1, 0.15) is 6.61 Å². The molecule has 46 heavy (non-hydrogen) atoms. The number of hydrogen-bond donors (Lipinski definition) is 1. The van der Waals surface area contributed by atoms with Crippen molar-refractivity contribution in [2.45, 2.75) is 148 Å². The second-order valence-electron chi connectivity index (χ2n) is 11.6. The molecule has 0 rings (SSSR count). The standard InChI is InChI=1S/C41H66O5/c1-3-5-7-9-11-13-15-17-18-19-20-21-22-24-26-28-30-32-34-36-41(44)46-39(37-42)38-45-40(43)35-33-31-29-27-25-23-16-14-12-10-8-6-4-2/h5,7-8,10-11,13-14,16-18,20-21,24,26,39,42H,3-4,6,9,12,15,19,22-23,25,27-38H2,1-2H3/b7-5-,10-8-,13-11-,16-14-,18-17-,21-20-,26-24-. The summed E-state index contributed by atoms with van der Waals surface area (Å²) in [6, 6.07) is 0. The lowest BCUT2D eigenvalue weighted by molar-refractivity contribution is -0.161. The lowest BCUT2D eigenvalue weighted by Gasteiger charge is -2.15.